The van der Waals surface area contributed by atoms with Crippen LogP contribution in [0.4, 0.5) is 23.2 Å². The zero-order valence-electron chi connectivity index (χ0n) is 17.5. The lowest BCUT2D eigenvalue weighted by molar-refractivity contribution is -0.127. The Morgan fingerprint density at radius 1 is 1.21 bits per heavy atom. The van der Waals surface area contributed by atoms with E-state index < -0.39 is 18.5 Å². The fraction of sp³-hybridized carbons (Fsp3) is 0.348. The number of pyridine rings is 1. The average molecular weight is 456 g/mol. The molecule has 1 aliphatic heterocycles. The summed E-state index contributed by atoms with van der Waals surface area (Å²) in [5.41, 5.74) is 2.85. The second kappa shape index (κ2) is 8.15. The van der Waals surface area contributed by atoms with Crippen LogP contribution in [-0.4, -0.2) is 40.5 Å². The number of aromatic amines is 1. The summed E-state index contributed by atoms with van der Waals surface area (Å²) in [5, 5.41) is 22.8. The Hall–Kier alpha value is -3.45. The van der Waals surface area contributed by atoms with Gasteiger partial charge in [-0.1, -0.05) is 11.6 Å². The molecule has 1 aliphatic carbocycles. The van der Waals surface area contributed by atoms with E-state index in [2.05, 4.69) is 31.9 Å². The third-order valence-electron chi connectivity index (χ3n) is 6.12. The highest BCUT2D eigenvalue weighted by Crippen LogP contribution is 2.42. The SMILES string of the molecule is N#Cc1cc(NC2CNC2)cnc1C1=C(CC(F)(F)F)CCCc2c1ccc1n[nH]c(F)c21. The van der Waals surface area contributed by atoms with Gasteiger partial charge in [-0.25, -0.2) is 0 Å². The number of nitriles is 1. The van der Waals surface area contributed by atoms with Crippen molar-refractivity contribution in [3.63, 3.8) is 0 Å². The van der Waals surface area contributed by atoms with Crippen LogP contribution in [0.2, 0.25) is 0 Å². The van der Waals surface area contributed by atoms with Gasteiger partial charge in [0.1, 0.15) is 6.07 Å². The Labute approximate surface area is 186 Å². The Morgan fingerprint density at radius 2 is 2.03 bits per heavy atom. The standard InChI is InChI=1S/C23H20F4N6/c24-22-20-16-3-1-2-12(7-23(25,26)27)19(17(16)4-5-18(20)32-33-22)21-13(8-28)6-14(11-30-21)31-15-9-29-10-15/h4-6,11,15,29,31H,1-3,7,9-10H2,(H,32,33). The molecule has 0 unspecified atom stereocenters. The lowest BCUT2D eigenvalue weighted by atomic mass is 9.89. The van der Waals surface area contributed by atoms with E-state index in [4.69, 9.17) is 0 Å². The zero-order valence-corrected chi connectivity index (χ0v) is 17.5. The Bertz CT molecular complexity index is 1300. The zero-order chi connectivity index (χ0) is 23.2. The molecular weight excluding hydrogens is 436 g/mol. The number of allylic oxidation sites excluding steroid dienone is 1. The van der Waals surface area contributed by atoms with Crippen molar-refractivity contribution in [2.45, 2.75) is 37.9 Å². The highest BCUT2D eigenvalue weighted by Gasteiger charge is 2.33. The number of benzene rings is 1. The van der Waals surface area contributed by atoms with Crippen molar-refractivity contribution in [3.05, 3.63) is 58.3 Å². The summed E-state index contributed by atoms with van der Waals surface area (Å²) in [7, 11) is 0. The molecule has 1 aromatic carbocycles. The highest BCUT2D eigenvalue weighted by molar-refractivity contribution is 5.93. The van der Waals surface area contributed by atoms with Gasteiger partial charge in [0.05, 0.1) is 46.5 Å². The molecule has 2 aromatic heterocycles. The lowest BCUT2D eigenvalue weighted by Gasteiger charge is -2.29. The average Bonchev–Trinajstić information content (AvgIpc) is 3.03. The van der Waals surface area contributed by atoms with Gasteiger partial charge in [-0.3, -0.25) is 10.1 Å². The number of aryl methyl sites for hydroxylation is 1. The first-order chi connectivity index (χ1) is 15.8. The van der Waals surface area contributed by atoms with Crippen molar-refractivity contribution in [1.82, 2.24) is 20.5 Å². The number of halogens is 4. The molecule has 1 fully saturated rings. The molecule has 3 heterocycles. The summed E-state index contributed by atoms with van der Waals surface area (Å²) in [6.07, 6.45) is -3.03. The van der Waals surface area contributed by atoms with Crippen LogP contribution in [0.15, 0.2) is 30.0 Å². The fourth-order valence-electron chi connectivity index (χ4n) is 4.59. The molecule has 170 valence electrons. The third kappa shape index (κ3) is 4.04. The van der Waals surface area contributed by atoms with Crippen molar-refractivity contribution in [2.24, 2.45) is 0 Å². The van der Waals surface area contributed by atoms with Gasteiger partial charge >= 0.3 is 6.18 Å². The van der Waals surface area contributed by atoms with Gasteiger partial charge < -0.3 is 10.6 Å². The summed E-state index contributed by atoms with van der Waals surface area (Å²) in [5.74, 6) is -0.623. The number of fused-ring (bicyclic) bond motifs is 3. The number of hydrogen-bond donors (Lipinski definition) is 3. The van der Waals surface area contributed by atoms with Crippen LogP contribution in [0.25, 0.3) is 16.5 Å². The lowest BCUT2D eigenvalue weighted by Crippen LogP contribution is -2.51. The first-order valence-corrected chi connectivity index (χ1v) is 10.7. The summed E-state index contributed by atoms with van der Waals surface area (Å²) in [4.78, 5) is 4.45. The number of hydrogen-bond acceptors (Lipinski definition) is 5. The topological polar surface area (TPSA) is 89.4 Å². The third-order valence-corrected chi connectivity index (χ3v) is 6.12. The van der Waals surface area contributed by atoms with Crippen molar-refractivity contribution in [2.75, 3.05) is 18.4 Å². The smallest absolute Gasteiger partial charge is 0.378 e. The van der Waals surface area contributed by atoms with Crippen molar-refractivity contribution in [3.8, 4) is 6.07 Å². The molecule has 33 heavy (non-hydrogen) atoms. The molecule has 0 bridgehead atoms. The number of aromatic nitrogens is 3. The molecular formula is C23H20F4N6. The van der Waals surface area contributed by atoms with Gasteiger partial charge in [0.15, 0.2) is 0 Å². The van der Waals surface area contributed by atoms with Crippen molar-refractivity contribution >= 4 is 22.2 Å². The number of H-pyrrole nitrogens is 1. The predicted molar refractivity (Wildman–Crippen MR) is 115 cm³/mol. The molecule has 3 N–H and O–H groups in total. The molecule has 10 heteroatoms. The van der Waals surface area contributed by atoms with Crippen LogP contribution < -0.4 is 10.6 Å². The minimum absolute atomic E-state index is 0.150. The van der Waals surface area contributed by atoms with Crippen molar-refractivity contribution < 1.29 is 17.6 Å². The Balaban J connectivity index is 1.71. The second-order valence-corrected chi connectivity index (χ2v) is 8.38. The molecule has 5 rings (SSSR count). The summed E-state index contributed by atoms with van der Waals surface area (Å²) >= 11 is 0. The maximum absolute atomic E-state index is 14.5. The van der Waals surface area contributed by atoms with Gasteiger partial charge in [-0.15, -0.1) is 0 Å². The normalized spacial score (nSPS) is 16.8. The number of nitrogens with zero attached hydrogens (tertiary/aromatic N) is 3. The first-order valence-electron chi connectivity index (χ1n) is 10.7. The van der Waals surface area contributed by atoms with E-state index >= 15 is 0 Å². The fourth-order valence-corrected chi connectivity index (χ4v) is 4.59. The van der Waals surface area contributed by atoms with Crippen LogP contribution in [-0.2, 0) is 6.42 Å². The van der Waals surface area contributed by atoms with E-state index in [0.717, 1.165) is 13.1 Å². The maximum Gasteiger partial charge on any atom is 0.392 e. The number of rotatable bonds is 4. The molecule has 0 saturated carbocycles. The molecule has 6 nitrogen and oxygen atoms in total. The molecule has 3 aromatic rings. The van der Waals surface area contributed by atoms with E-state index in [9.17, 15) is 22.8 Å². The van der Waals surface area contributed by atoms with Gasteiger partial charge in [0, 0.05) is 18.7 Å². The van der Waals surface area contributed by atoms with Gasteiger partial charge in [0.2, 0.25) is 5.95 Å². The minimum atomic E-state index is -4.43. The van der Waals surface area contributed by atoms with E-state index in [1.807, 2.05) is 0 Å². The largest absolute Gasteiger partial charge is 0.392 e. The van der Waals surface area contributed by atoms with Crippen LogP contribution in [0.3, 0.4) is 0 Å². The number of anilines is 1. The highest BCUT2D eigenvalue weighted by atomic mass is 19.4. The van der Waals surface area contributed by atoms with E-state index in [0.29, 0.717) is 35.2 Å². The maximum atomic E-state index is 14.5. The van der Waals surface area contributed by atoms with Crippen LogP contribution in [0, 0.1) is 17.3 Å². The number of nitrogens with one attached hydrogen (secondary N) is 3. The summed E-state index contributed by atoms with van der Waals surface area (Å²) in [6, 6.07) is 7.15. The second-order valence-electron chi connectivity index (χ2n) is 8.38. The summed E-state index contributed by atoms with van der Waals surface area (Å²) in [6.45, 7) is 1.56. The van der Waals surface area contributed by atoms with Gasteiger partial charge in [0.25, 0.3) is 0 Å². The first kappa shape index (κ1) is 21.4. The molecule has 0 amide bonds. The Morgan fingerprint density at radius 3 is 2.73 bits per heavy atom. The molecule has 0 radical (unpaired) electrons. The van der Waals surface area contributed by atoms with Gasteiger partial charge in [-0.2, -0.15) is 27.9 Å². The van der Waals surface area contributed by atoms with Crippen LogP contribution in [0.5, 0.6) is 0 Å². The van der Waals surface area contributed by atoms with Crippen molar-refractivity contribution in [1.29, 1.82) is 5.26 Å². The van der Waals surface area contributed by atoms with Crippen LogP contribution in [0.1, 0.15) is 41.6 Å². The van der Waals surface area contributed by atoms with E-state index in [-0.39, 0.29) is 40.3 Å². The Kier molecular flexibility index (Phi) is 5.29. The number of alkyl halides is 3. The quantitative estimate of drug-likeness (QED) is 0.505. The molecule has 0 atom stereocenters. The molecule has 2 aliphatic rings. The molecule has 0 spiro atoms. The predicted octanol–water partition coefficient (Wildman–Crippen LogP) is 4.44. The summed E-state index contributed by atoms with van der Waals surface area (Å²) < 4.78 is 55.1. The molecule has 1 saturated heterocycles. The van der Waals surface area contributed by atoms with Crippen LogP contribution >= 0.6 is 0 Å². The van der Waals surface area contributed by atoms with E-state index in [1.54, 1.807) is 18.2 Å². The minimum Gasteiger partial charge on any atom is -0.378 e. The van der Waals surface area contributed by atoms with E-state index in [1.165, 1.54) is 6.20 Å². The van der Waals surface area contributed by atoms with Gasteiger partial charge in [-0.05, 0) is 42.5 Å². The monoisotopic (exact) mass is 456 g/mol.